The van der Waals surface area contributed by atoms with E-state index in [9.17, 15) is 4.79 Å². The number of rotatable bonds is 3. The number of benzene rings is 2. The Bertz CT molecular complexity index is 773. The number of amides is 1. The first kappa shape index (κ1) is 17.3. The summed E-state index contributed by atoms with van der Waals surface area (Å²) in [5, 5.41) is 0. The lowest BCUT2D eigenvalue weighted by molar-refractivity contribution is -0.132. The van der Waals surface area contributed by atoms with Crippen LogP contribution in [0.5, 0.6) is 0 Å². The fraction of sp³-hybridized carbons (Fsp3) is 0.435. The monoisotopic (exact) mass is 348 g/mol. The van der Waals surface area contributed by atoms with Gasteiger partial charge in [-0.1, -0.05) is 61.5 Å². The molecule has 2 aliphatic rings. The van der Waals surface area contributed by atoms with Crippen LogP contribution >= 0.6 is 0 Å². The summed E-state index contributed by atoms with van der Waals surface area (Å²) in [5.41, 5.74) is 3.94. The molecule has 0 N–H and O–H groups in total. The summed E-state index contributed by atoms with van der Waals surface area (Å²) in [6.07, 6.45) is 3.97. The third-order valence-corrected chi connectivity index (χ3v) is 6.16. The van der Waals surface area contributed by atoms with Gasteiger partial charge in [-0.15, -0.1) is 0 Å². The van der Waals surface area contributed by atoms with E-state index in [1.54, 1.807) is 0 Å². The van der Waals surface area contributed by atoms with Crippen molar-refractivity contribution in [2.24, 2.45) is 0 Å². The molecule has 4 rings (SSSR count). The van der Waals surface area contributed by atoms with Gasteiger partial charge in [0.25, 0.3) is 0 Å². The molecule has 1 atom stereocenters. The number of carbonyl (C=O) groups excluding carboxylic acids is 1. The van der Waals surface area contributed by atoms with Gasteiger partial charge in [-0.05, 0) is 49.0 Å². The first-order valence-corrected chi connectivity index (χ1v) is 9.84. The standard InChI is InChI=1S/C23H28N2O/c1-2-25-14-8-13-23(25)16-20-11-6-7-12-21(20)17-24(18-23)22(26)15-19-9-4-3-5-10-19/h3-7,9-12H,2,8,13-18H2,1H3. The highest BCUT2D eigenvalue weighted by molar-refractivity contribution is 5.79. The number of nitrogens with zero attached hydrogens (tertiary/aromatic N) is 2. The average molecular weight is 348 g/mol. The van der Waals surface area contributed by atoms with Crippen molar-refractivity contribution in [1.82, 2.24) is 9.80 Å². The summed E-state index contributed by atoms with van der Waals surface area (Å²) < 4.78 is 0. The summed E-state index contributed by atoms with van der Waals surface area (Å²) >= 11 is 0. The van der Waals surface area contributed by atoms with E-state index in [4.69, 9.17) is 0 Å². The normalized spacial score (nSPS) is 23.0. The van der Waals surface area contributed by atoms with E-state index >= 15 is 0 Å². The van der Waals surface area contributed by atoms with Crippen LogP contribution in [0.2, 0.25) is 0 Å². The zero-order valence-corrected chi connectivity index (χ0v) is 15.7. The SMILES string of the molecule is CCN1CCCC12Cc1ccccc1CN(C(=O)Cc1ccccc1)C2. The summed E-state index contributed by atoms with van der Waals surface area (Å²) in [4.78, 5) is 17.9. The summed E-state index contributed by atoms with van der Waals surface area (Å²) in [5.74, 6) is 0.246. The number of likely N-dealkylation sites (N-methyl/N-ethyl adjacent to an activating group) is 1. The molecule has 2 heterocycles. The molecule has 3 heteroatoms. The largest absolute Gasteiger partial charge is 0.336 e. The number of carbonyl (C=O) groups is 1. The van der Waals surface area contributed by atoms with E-state index in [0.717, 1.165) is 38.2 Å². The Labute approximate surface area is 156 Å². The molecule has 1 amide bonds. The van der Waals surface area contributed by atoms with Gasteiger partial charge in [0.2, 0.25) is 5.91 Å². The van der Waals surface area contributed by atoms with Crippen LogP contribution in [-0.4, -0.2) is 40.9 Å². The fourth-order valence-electron chi connectivity index (χ4n) is 4.84. The molecule has 2 aromatic rings. The Kier molecular flexibility index (Phi) is 4.82. The van der Waals surface area contributed by atoms with Crippen LogP contribution in [-0.2, 0) is 24.2 Å². The highest BCUT2D eigenvalue weighted by atomic mass is 16.2. The highest BCUT2D eigenvalue weighted by Gasteiger charge is 2.44. The highest BCUT2D eigenvalue weighted by Crippen LogP contribution is 2.37. The van der Waals surface area contributed by atoms with Crippen LogP contribution in [0.15, 0.2) is 54.6 Å². The second-order valence-corrected chi connectivity index (χ2v) is 7.77. The molecule has 2 aliphatic heterocycles. The predicted molar refractivity (Wildman–Crippen MR) is 105 cm³/mol. The van der Waals surface area contributed by atoms with Gasteiger partial charge < -0.3 is 4.90 Å². The van der Waals surface area contributed by atoms with Crippen molar-refractivity contribution in [2.45, 2.75) is 44.7 Å². The van der Waals surface area contributed by atoms with Gasteiger partial charge in [0.1, 0.15) is 0 Å². The molecule has 26 heavy (non-hydrogen) atoms. The van der Waals surface area contributed by atoms with Crippen LogP contribution in [0, 0.1) is 0 Å². The third kappa shape index (κ3) is 3.28. The number of hydrogen-bond donors (Lipinski definition) is 0. The molecule has 1 unspecified atom stereocenters. The van der Waals surface area contributed by atoms with Crippen molar-refractivity contribution in [3.05, 3.63) is 71.3 Å². The maximum atomic E-state index is 13.2. The van der Waals surface area contributed by atoms with Crippen molar-refractivity contribution < 1.29 is 4.79 Å². The maximum Gasteiger partial charge on any atom is 0.227 e. The first-order valence-electron chi connectivity index (χ1n) is 9.84. The Morgan fingerprint density at radius 1 is 1.04 bits per heavy atom. The molecule has 0 saturated carbocycles. The van der Waals surface area contributed by atoms with Gasteiger partial charge in [0, 0.05) is 18.6 Å². The molecule has 1 spiro atoms. The molecule has 0 aromatic heterocycles. The Balaban J connectivity index is 1.65. The van der Waals surface area contributed by atoms with E-state index in [1.165, 1.54) is 24.0 Å². The minimum absolute atomic E-state index is 0.105. The number of hydrogen-bond acceptors (Lipinski definition) is 2. The second-order valence-electron chi connectivity index (χ2n) is 7.77. The topological polar surface area (TPSA) is 23.6 Å². The van der Waals surface area contributed by atoms with Gasteiger partial charge in [-0.3, -0.25) is 9.69 Å². The van der Waals surface area contributed by atoms with Crippen molar-refractivity contribution in [3.63, 3.8) is 0 Å². The molecule has 3 nitrogen and oxygen atoms in total. The summed E-state index contributed by atoms with van der Waals surface area (Å²) in [7, 11) is 0. The quantitative estimate of drug-likeness (QED) is 0.845. The lowest BCUT2D eigenvalue weighted by Gasteiger charge is -2.40. The molecule has 2 aromatic carbocycles. The van der Waals surface area contributed by atoms with Crippen LogP contribution in [0.4, 0.5) is 0 Å². The fourth-order valence-corrected chi connectivity index (χ4v) is 4.84. The van der Waals surface area contributed by atoms with Crippen molar-refractivity contribution >= 4 is 5.91 Å². The zero-order chi connectivity index (χ0) is 18.0. The first-order chi connectivity index (χ1) is 12.7. The van der Waals surface area contributed by atoms with E-state index < -0.39 is 0 Å². The van der Waals surface area contributed by atoms with Crippen LogP contribution in [0.3, 0.4) is 0 Å². The summed E-state index contributed by atoms with van der Waals surface area (Å²) in [6, 6.07) is 18.8. The lowest BCUT2D eigenvalue weighted by Crippen LogP contribution is -2.53. The molecule has 0 bridgehead atoms. The number of fused-ring (bicyclic) bond motifs is 1. The zero-order valence-electron chi connectivity index (χ0n) is 15.7. The van der Waals surface area contributed by atoms with Crippen molar-refractivity contribution in [2.75, 3.05) is 19.6 Å². The van der Waals surface area contributed by atoms with Crippen molar-refractivity contribution in [3.8, 4) is 0 Å². The average Bonchev–Trinajstić information content (AvgIpc) is 2.96. The van der Waals surface area contributed by atoms with E-state index in [1.807, 2.05) is 30.3 Å². The van der Waals surface area contributed by atoms with E-state index in [2.05, 4.69) is 41.0 Å². The van der Waals surface area contributed by atoms with E-state index in [-0.39, 0.29) is 11.4 Å². The van der Waals surface area contributed by atoms with Gasteiger partial charge in [-0.25, -0.2) is 0 Å². The lowest BCUT2D eigenvalue weighted by atomic mass is 9.87. The molecule has 0 radical (unpaired) electrons. The predicted octanol–water partition coefficient (Wildman–Crippen LogP) is 3.67. The Hall–Kier alpha value is -2.13. The van der Waals surface area contributed by atoms with Crippen LogP contribution in [0.1, 0.15) is 36.5 Å². The van der Waals surface area contributed by atoms with E-state index in [0.29, 0.717) is 6.42 Å². The summed E-state index contributed by atoms with van der Waals surface area (Å²) in [6.45, 7) is 6.05. The molecular weight excluding hydrogens is 320 g/mol. The minimum atomic E-state index is 0.105. The van der Waals surface area contributed by atoms with Gasteiger partial charge in [0.15, 0.2) is 0 Å². The minimum Gasteiger partial charge on any atom is -0.336 e. The Morgan fingerprint density at radius 2 is 1.77 bits per heavy atom. The molecule has 0 aliphatic carbocycles. The maximum absolute atomic E-state index is 13.2. The number of likely N-dealkylation sites (tertiary alicyclic amines) is 1. The van der Waals surface area contributed by atoms with Gasteiger partial charge in [0.05, 0.1) is 6.42 Å². The third-order valence-electron chi connectivity index (χ3n) is 6.16. The van der Waals surface area contributed by atoms with Gasteiger partial charge >= 0.3 is 0 Å². The molecule has 136 valence electrons. The van der Waals surface area contributed by atoms with Crippen LogP contribution in [0.25, 0.3) is 0 Å². The smallest absolute Gasteiger partial charge is 0.227 e. The van der Waals surface area contributed by atoms with Crippen LogP contribution < -0.4 is 0 Å². The molecule has 1 saturated heterocycles. The van der Waals surface area contributed by atoms with Gasteiger partial charge in [-0.2, -0.15) is 0 Å². The Morgan fingerprint density at radius 3 is 2.54 bits per heavy atom. The van der Waals surface area contributed by atoms with Crippen molar-refractivity contribution in [1.29, 1.82) is 0 Å². The molecular formula is C23H28N2O. The second kappa shape index (κ2) is 7.24. The molecule has 1 fully saturated rings.